The Balaban J connectivity index is 1.33. The number of rotatable bonds is 4. The van der Waals surface area contributed by atoms with Gasteiger partial charge in [-0.3, -0.25) is 9.59 Å². The summed E-state index contributed by atoms with van der Waals surface area (Å²) in [6.45, 7) is 1.19. The van der Waals surface area contributed by atoms with E-state index in [0.29, 0.717) is 24.4 Å². The number of benzene rings is 2. The molecule has 0 unspecified atom stereocenters. The molecule has 0 spiro atoms. The maximum absolute atomic E-state index is 13.9. The van der Waals surface area contributed by atoms with Gasteiger partial charge in [0, 0.05) is 42.8 Å². The molecule has 5 rings (SSSR count). The molecule has 0 radical (unpaired) electrons. The van der Waals surface area contributed by atoms with E-state index in [1.165, 1.54) is 24.4 Å². The van der Waals surface area contributed by atoms with Gasteiger partial charge in [0.2, 0.25) is 5.95 Å². The van der Waals surface area contributed by atoms with Gasteiger partial charge in [0.05, 0.1) is 0 Å². The van der Waals surface area contributed by atoms with Gasteiger partial charge in [0.15, 0.2) is 5.78 Å². The van der Waals surface area contributed by atoms with Crippen molar-refractivity contribution in [2.24, 2.45) is 5.92 Å². The normalized spacial score (nSPS) is 17.1. The van der Waals surface area contributed by atoms with Crippen molar-refractivity contribution in [3.63, 3.8) is 0 Å². The summed E-state index contributed by atoms with van der Waals surface area (Å²) in [6, 6.07) is 14.8. The summed E-state index contributed by atoms with van der Waals surface area (Å²) < 4.78 is 32.9. The number of aromatic nitrogens is 1. The fourth-order valence-electron chi connectivity index (χ4n) is 5.05. The molecule has 0 bridgehead atoms. The largest absolute Gasteiger partial charge is 0.486 e. The second-order valence-corrected chi connectivity index (χ2v) is 8.90. The Morgan fingerprint density at radius 1 is 1.00 bits per heavy atom. The molecule has 1 aromatic heterocycles. The van der Waals surface area contributed by atoms with Crippen molar-refractivity contribution in [1.82, 2.24) is 9.88 Å². The first kappa shape index (κ1) is 22.2. The van der Waals surface area contributed by atoms with E-state index in [-0.39, 0.29) is 42.4 Å². The second-order valence-electron chi connectivity index (χ2n) is 8.90. The SMILES string of the molecule is O=C1COc2ccc(C(=O)N3CCC([C@H](c4ccc(F)cc4)c4ccnc(F)c4)CC3)cc2C1. The lowest BCUT2D eigenvalue weighted by Crippen LogP contribution is -2.40. The molecule has 1 saturated heterocycles. The van der Waals surface area contributed by atoms with E-state index in [1.807, 2.05) is 4.90 Å². The third-order valence-corrected chi connectivity index (χ3v) is 6.72. The molecule has 174 valence electrons. The van der Waals surface area contributed by atoms with Crippen LogP contribution in [0.15, 0.2) is 60.8 Å². The molecule has 0 saturated carbocycles. The molecule has 3 heterocycles. The van der Waals surface area contributed by atoms with Crippen LogP contribution in [0.4, 0.5) is 8.78 Å². The highest BCUT2D eigenvalue weighted by Crippen LogP contribution is 2.38. The van der Waals surface area contributed by atoms with Crippen LogP contribution in [0.2, 0.25) is 0 Å². The lowest BCUT2D eigenvalue weighted by atomic mass is 9.76. The fourth-order valence-corrected chi connectivity index (χ4v) is 5.05. The molecule has 5 nitrogen and oxygen atoms in total. The number of ether oxygens (including phenoxy) is 1. The van der Waals surface area contributed by atoms with E-state index in [1.54, 1.807) is 36.4 Å². The standard InChI is InChI=1S/C27H24F2N2O3/c28-22-4-1-17(2-5-22)26(19-7-10-30-25(29)15-19)18-8-11-31(12-9-18)27(33)20-3-6-24-21(13-20)14-23(32)16-34-24/h1-7,10,13,15,18,26H,8-9,11-12,14,16H2/t26-/m0/s1. The zero-order chi connectivity index (χ0) is 23.7. The molecular formula is C27H24F2N2O3. The van der Waals surface area contributed by atoms with Crippen LogP contribution >= 0.6 is 0 Å². The number of carbonyl (C=O) groups is 2. The van der Waals surface area contributed by atoms with Crippen molar-refractivity contribution in [3.05, 3.63) is 94.8 Å². The van der Waals surface area contributed by atoms with Crippen molar-refractivity contribution >= 4 is 11.7 Å². The molecule has 1 amide bonds. The number of fused-ring (bicyclic) bond motifs is 1. The Hall–Kier alpha value is -3.61. The summed E-state index contributed by atoms with van der Waals surface area (Å²) in [5, 5.41) is 0. The second kappa shape index (κ2) is 9.33. The quantitative estimate of drug-likeness (QED) is 0.534. The summed E-state index contributed by atoms with van der Waals surface area (Å²) >= 11 is 0. The van der Waals surface area contributed by atoms with Crippen LogP contribution in [0.25, 0.3) is 0 Å². The molecule has 34 heavy (non-hydrogen) atoms. The third kappa shape index (κ3) is 4.55. The van der Waals surface area contributed by atoms with Gasteiger partial charge in [-0.05, 0) is 72.4 Å². The van der Waals surface area contributed by atoms with Crippen LogP contribution in [-0.2, 0) is 11.2 Å². The van der Waals surface area contributed by atoms with Crippen molar-refractivity contribution in [1.29, 1.82) is 0 Å². The first-order chi connectivity index (χ1) is 16.5. The summed E-state index contributed by atoms with van der Waals surface area (Å²) in [5.74, 6) is -0.257. The van der Waals surface area contributed by atoms with Gasteiger partial charge in [0.25, 0.3) is 5.91 Å². The molecule has 2 aliphatic heterocycles. The molecule has 0 N–H and O–H groups in total. The van der Waals surface area contributed by atoms with Gasteiger partial charge in [0.1, 0.15) is 18.2 Å². The molecule has 2 aliphatic rings. The first-order valence-electron chi connectivity index (χ1n) is 11.4. The topological polar surface area (TPSA) is 59.5 Å². The van der Waals surface area contributed by atoms with Crippen LogP contribution in [-0.4, -0.2) is 41.3 Å². The van der Waals surface area contributed by atoms with E-state index in [9.17, 15) is 18.4 Å². The van der Waals surface area contributed by atoms with Crippen LogP contribution in [0.1, 0.15) is 45.8 Å². The maximum Gasteiger partial charge on any atom is 0.253 e. The third-order valence-electron chi connectivity index (χ3n) is 6.72. The summed E-state index contributed by atoms with van der Waals surface area (Å²) in [7, 11) is 0. The Kier molecular flexibility index (Phi) is 6.09. The van der Waals surface area contributed by atoms with Crippen LogP contribution in [0.5, 0.6) is 5.75 Å². The van der Waals surface area contributed by atoms with E-state index < -0.39 is 5.95 Å². The number of pyridine rings is 1. The van der Waals surface area contributed by atoms with Gasteiger partial charge in [-0.1, -0.05) is 12.1 Å². The molecule has 0 aliphatic carbocycles. The van der Waals surface area contributed by atoms with E-state index >= 15 is 0 Å². The molecule has 1 fully saturated rings. The summed E-state index contributed by atoms with van der Waals surface area (Å²) in [5.41, 5.74) is 2.99. The Bertz CT molecular complexity index is 1220. The van der Waals surface area contributed by atoms with Gasteiger partial charge in [-0.25, -0.2) is 9.37 Å². The van der Waals surface area contributed by atoms with Gasteiger partial charge < -0.3 is 9.64 Å². The highest BCUT2D eigenvalue weighted by Gasteiger charge is 2.31. The predicted molar refractivity (Wildman–Crippen MR) is 122 cm³/mol. The average Bonchev–Trinajstić information content (AvgIpc) is 2.85. The number of nitrogens with zero attached hydrogens (tertiary/aromatic N) is 2. The zero-order valence-corrected chi connectivity index (χ0v) is 18.5. The average molecular weight is 462 g/mol. The smallest absolute Gasteiger partial charge is 0.253 e. The minimum atomic E-state index is -0.549. The highest BCUT2D eigenvalue weighted by molar-refractivity contribution is 5.95. The van der Waals surface area contributed by atoms with Crippen molar-refractivity contribution in [2.75, 3.05) is 19.7 Å². The van der Waals surface area contributed by atoms with Crippen molar-refractivity contribution in [3.8, 4) is 5.75 Å². The van der Waals surface area contributed by atoms with Crippen LogP contribution < -0.4 is 4.74 Å². The van der Waals surface area contributed by atoms with Crippen molar-refractivity contribution < 1.29 is 23.1 Å². The fraction of sp³-hybridized carbons (Fsp3) is 0.296. The number of halogens is 2. The van der Waals surface area contributed by atoms with Gasteiger partial charge in [-0.15, -0.1) is 0 Å². The minimum absolute atomic E-state index is 0.00250. The molecule has 7 heteroatoms. The van der Waals surface area contributed by atoms with E-state index in [2.05, 4.69) is 4.98 Å². The Morgan fingerprint density at radius 2 is 1.76 bits per heavy atom. The Labute approximate surface area is 196 Å². The number of piperidine rings is 1. The van der Waals surface area contributed by atoms with Crippen molar-refractivity contribution in [2.45, 2.75) is 25.2 Å². The first-order valence-corrected chi connectivity index (χ1v) is 11.4. The molecule has 2 aromatic carbocycles. The van der Waals surface area contributed by atoms with Crippen LogP contribution in [0.3, 0.4) is 0 Å². The Morgan fingerprint density at radius 3 is 2.50 bits per heavy atom. The monoisotopic (exact) mass is 462 g/mol. The van der Waals surface area contributed by atoms with E-state index in [0.717, 1.165) is 29.5 Å². The lowest BCUT2D eigenvalue weighted by Gasteiger charge is -2.36. The predicted octanol–water partition coefficient (Wildman–Crippen LogP) is 4.55. The molecular weight excluding hydrogens is 438 g/mol. The zero-order valence-electron chi connectivity index (χ0n) is 18.5. The highest BCUT2D eigenvalue weighted by atomic mass is 19.1. The number of likely N-dealkylation sites (tertiary alicyclic amines) is 1. The molecule has 3 aromatic rings. The van der Waals surface area contributed by atoms with E-state index in [4.69, 9.17) is 4.74 Å². The van der Waals surface area contributed by atoms with Gasteiger partial charge >= 0.3 is 0 Å². The maximum atomic E-state index is 13.9. The lowest BCUT2D eigenvalue weighted by molar-refractivity contribution is -0.121. The summed E-state index contributed by atoms with van der Waals surface area (Å²) in [6.07, 6.45) is 3.18. The minimum Gasteiger partial charge on any atom is -0.486 e. The number of hydrogen-bond donors (Lipinski definition) is 0. The number of amides is 1. The number of Topliss-reactive ketones (excluding diaryl/α,β-unsaturated/α-hetero) is 1. The van der Waals surface area contributed by atoms with Crippen LogP contribution in [0, 0.1) is 17.7 Å². The number of carbonyl (C=O) groups excluding carboxylic acids is 2. The number of ketones is 1. The summed E-state index contributed by atoms with van der Waals surface area (Å²) in [4.78, 5) is 30.4. The molecule has 1 atom stereocenters. The number of hydrogen-bond acceptors (Lipinski definition) is 4. The van der Waals surface area contributed by atoms with Gasteiger partial charge in [-0.2, -0.15) is 4.39 Å².